The van der Waals surface area contributed by atoms with Crippen molar-refractivity contribution in [2.75, 3.05) is 7.11 Å². The number of hydrogen-bond acceptors (Lipinski definition) is 5. The summed E-state index contributed by atoms with van der Waals surface area (Å²) in [6, 6.07) is 3.48. The summed E-state index contributed by atoms with van der Waals surface area (Å²) in [5.74, 6) is -0.647. The van der Waals surface area contributed by atoms with Crippen LogP contribution >= 0.6 is 0 Å². The van der Waals surface area contributed by atoms with Crippen LogP contribution in [0, 0.1) is 5.92 Å². The third kappa shape index (κ3) is 3.62. The van der Waals surface area contributed by atoms with Gasteiger partial charge in [0.05, 0.1) is 13.0 Å². The fourth-order valence-electron chi connectivity index (χ4n) is 1.24. The molecular weight excluding hydrogens is 236 g/mol. The third-order valence-electron chi connectivity index (χ3n) is 2.43. The molecular formula is C11H16N4O3. The topological polar surface area (TPSA) is 110 Å². The number of ether oxygens (including phenoxy) is 1. The lowest BCUT2D eigenvalue weighted by molar-refractivity contribution is -0.122. The maximum absolute atomic E-state index is 11.6. The Kier molecular flexibility index (Phi) is 4.91. The molecule has 7 heteroatoms. The van der Waals surface area contributed by atoms with Gasteiger partial charge in [0.1, 0.15) is 0 Å². The van der Waals surface area contributed by atoms with Crippen molar-refractivity contribution in [3.63, 3.8) is 0 Å². The summed E-state index contributed by atoms with van der Waals surface area (Å²) in [4.78, 5) is 15.6. The van der Waals surface area contributed by atoms with E-state index < -0.39 is 5.92 Å². The number of hydrogen-bond donors (Lipinski definition) is 3. The molecule has 0 saturated carbocycles. The van der Waals surface area contributed by atoms with E-state index in [9.17, 15) is 4.79 Å². The highest BCUT2D eigenvalue weighted by Crippen LogP contribution is 2.08. The van der Waals surface area contributed by atoms with E-state index in [1.165, 1.54) is 7.11 Å². The molecule has 1 aromatic heterocycles. The third-order valence-corrected chi connectivity index (χ3v) is 2.43. The van der Waals surface area contributed by atoms with Gasteiger partial charge in [-0.15, -0.1) is 0 Å². The largest absolute Gasteiger partial charge is 0.481 e. The predicted molar refractivity (Wildman–Crippen MR) is 65.2 cm³/mol. The molecule has 18 heavy (non-hydrogen) atoms. The van der Waals surface area contributed by atoms with Crippen LogP contribution in [0.1, 0.15) is 12.5 Å². The summed E-state index contributed by atoms with van der Waals surface area (Å²) < 4.78 is 4.97. The minimum absolute atomic E-state index is 0.125. The van der Waals surface area contributed by atoms with Crippen LogP contribution in [0.25, 0.3) is 0 Å². The molecule has 1 atom stereocenters. The van der Waals surface area contributed by atoms with Crippen LogP contribution in [0.5, 0.6) is 5.88 Å². The maximum atomic E-state index is 11.6. The maximum Gasteiger partial charge on any atom is 0.230 e. The number of oxime groups is 1. The number of carbonyl (C=O) groups is 1. The molecule has 4 N–H and O–H groups in total. The van der Waals surface area contributed by atoms with Crippen molar-refractivity contribution in [1.82, 2.24) is 10.3 Å². The lowest BCUT2D eigenvalue weighted by Crippen LogP contribution is -2.36. The van der Waals surface area contributed by atoms with Crippen LogP contribution in [-0.2, 0) is 11.3 Å². The van der Waals surface area contributed by atoms with Gasteiger partial charge in [-0.25, -0.2) is 4.98 Å². The zero-order valence-corrected chi connectivity index (χ0v) is 10.3. The van der Waals surface area contributed by atoms with Crippen LogP contribution < -0.4 is 15.8 Å². The first-order valence-electron chi connectivity index (χ1n) is 5.32. The van der Waals surface area contributed by atoms with Gasteiger partial charge in [0.15, 0.2) is 5.84 Å². The van der Waals surface area contributed by atoms with E-state index in [0.717, 1.165) is 5.56 Å². The number of methoxy groups -OCH3 is 1. The number of nitrogens with one attached hydrogen (secondary N) is 1. The summed E-state index contributed by atoms with van der Waals surface area (Å²) in [5.41, 5.74) is 6.19. The Bertz CT molecular complexity index is 448. The molecule has 0 bridgehead atoms. The average molecular weight is 252 g/mol. The van der Waals surface area contributed by atoms with Crippen molar-refractivity contribution in [2.45, 2.75) is 13.5 Å². The predicted octanol–water partition coefficient (Wildman–Crippen LogP) is 0.0889. The SMILES string of the molecule is COc1cc(CNC(=O)C(C)/C(N)=N/O)ccn1. The lowest BCUT2D eigenvalue weighted by atomic mass is 10.1. The van der Waals surface area contributed by atoms with Crippen LogP contribution in [-0.4, -0.2) is 29.0 Å². The number of aromatic nitrogens is 1. The van der Waals surface area contributed by atoms with Gasteiger partial charge in [-0.1, -0.05) is 5.16 Å². The van der Waals surface area contributed by atoms with Gasteiger partial charge in [-0.2, -0.15) is 0 Å². The molecule has 0 aliphatic carbocycles. The number of amides is 1. The van der Waals surface area contributed by atoms with Gasteiger partial charge < -0.3 is 21.0 Å². The average Bonchev–Trinajstić information content (AvgIpc) is 2.43. The molecule has 1 rings (SSSR count). The Morgan fingerprint density at radius 2 is 2.44 bits per heavy atom. The van der Waals surface area contributed by atoms with Gasteiger partial charge >= 0.3 is 0 Å². The van der Waals surface area contributed by atoms with Gasteiger partial charge in [0, 0.05) is 18.8 Å². The molecule has 0 radical (unpaired) electrons. The Labute approximate surface area is 105 Å². The van der Waals surface area contributed by atoms with Crippen molar-refractivity contribution in [1.29, 1.82) is 0 Å². The van der Waals surface area contributed by atoms with Crippen molar-refractivity contribution in [3.05, 3.63) is 23.9 Å². The summed E-state index contributed by atoms with van der Waals surface area (Å²) in [6.45, 7) is 1.87. The normalized spacial score (nSPS) is 12.9. The molecule has 0 aliphatic rings. The second-order valence-corrected chi connectivity index (χ2v) is 3.67. The highest BCUT2D eigenvalue weighted by atomic mass is 16.5. The Balaban J connectivity index is 2.57. The number of rotatable bonds is 5. The minimum atomic E-state index is -0.682. The zero-order valence-electron chi connectivity index (χ0n) is 10.3. The second kappa shape index (κ2) is 6.43. The van der Waals surface area contributed by atoms with Crippen molar-refractivity contribution < 1.29 is 14.7 Å². The van der Waals surface area contributed by atoms with Gasteiger partial charge in [0.25, 0.3) is 0 Å². The van der Waals surface area contributed by atoms with E-state index in [0.29, 0.717) is 12.4 Å². The van der Waals surface area contributed by atoms with Crippen LogP contribution in [0.15, 0.2) is 23.5 Å². The number of nitrogens with two attached hydrogens (primary N) is 1. The van der Waals surface area contributed by atoms with E-state index in [1.54, 1.807) is 25.3 Å². The molecule has 1 unspecified atom stereocenters. The van der Waals surface area contributed by atoms with Crippen molar-refractivity contribution in [2.24, 2.45) is 16.8 Å². The Morgan fingerprint density at radius 1 is 1.72 bits per heavy atom. The Morgan fingerprint density at radius 3 is 3.06 bits per heavy atom. The summed E-state index contributed by atoms with van der Waals surface area (Å²) in [7, 11) is 1.52. The van der Waals surface area contributed by atoms with Crippen LogP contribution in [0.3, 0.4) is 0 Å². The minimum Gasteiger partial charge on any atom is -0.481 e. The van der Waals surface area contributed by atoms with Crippen LogP contribution in [0.2, 0.25) is 0 Å². The number of pyridine rings is 1. The smallest absolute Gasteiger partial charge is 0.230 e. The zero-order chi connectivity index (χ0) is 13.5. The highest BCUT2D eigenvalue weighted by molar-refractivity contribution is 6.01. The number of nitrogens with zero attached hydrogens (tertiary/aromatic N) is 2. The molecule has 1 aromatic rings. The van der Waals surface area contributed by atoms with Crippen LogP contribution in [0.4, 0.5) is 0 Å². The molecule has 98 valence electrons. The van der Waals surface area contributed by atoms with E-state index in [2.05, 4.69) is 15.5 Å². The number of carbonyl (C=O) groups excluding carboxylic acids is 1. The van der Waals surface area contributed by atoms with Crippen molar-refractivity contribution in [3.8, 4) is 5.88 Å². The Hall–Kier alpha value is -2.31. The molecule has 1 heterocycles. The monoisotopic (exact) mass is 252 g/mol. The molecule has 0 saturated heterocycles. The first-order chi connectivity index (χ1) is 8.58. The fraction of sp³-hybridized carbons (Fsp3) is 0.364. The quantitative estimate of drug-likeness (QED) is 0.298. The second-order valence-electron chi connectivity index (χ2n) is 3.67. The first-order valence-corrected chi connectivity index (χ1v) is 5.32. The van der Waals surface area contributed by atoms with E-state index in [4.69, 9.17) is 15.7 Å². The van der Waals surface area contributed by atoms with Crippen molar-refractivity contribution >= 4 is 11.7 Å². The molecule has 1 amide bonds. The summed E-state index contributed by atoms with van der Waals surface area (Å²) >= 11 is 0. The summed E-state index contributed by atoms with van der Waals surface area (Å²) in [6.07, 6.45) is 1.59. The fourth-order valence-corrected chi connectivity index (χ4v) is 1.24. The molecule has 0 fully saturated rings. The van der Waals surface area contributed by atoms with E-state index in [1.807, 2.05) is 0 Å². The standard InChI is InChI=1S/C11H16N4O3/c1-7(10(12)15-17)11(16)14-6-8-3-4-13-9(5-8)18-2/h3-5,7,17H,6H2,1-2H3,(H2,12,15)(H,14,16). The lowest BCUT2D eigenvalue weighted by Gasteiger charge is -2.10. The highest BCUT2D eigenvalue weighted by Gasteiger charge is 2.16. The first kappa shape index (κ1) is 13.8. The summed E-state index contributed by atoms with van der Waals surface area (Å²) in [5, 5.41) is 13.9. The van der Waals surface area contributed by atoms with Gasteiger partial charge in [-0.3, -0.25) is 4.79 Å². The molecule has 0 aromatic carbocycles. The van der Waals surface area contributed by atoms with E-state index >= 15 is 0 Å². The van der Waals surface area contributed by atoms with E-state index in [-0.39, 0.29) is 11.7 Å². The molecule has 0 aliphatic heterocycles. The molecule has 7 nitrogen and oxygen atoms in total. The number of amidine groups is 1. The van der Waals surface area contributed by atoms with Gasteiger partial charge in [0.2, 0.25) is 11.8 Å². The van der Waals surface area contributed by atoms with Gasteiger partial charge in [-0.05, 0) is 18.6 Å². The molecule has 0 spiro atoms.